The van der Waals surface area contributed by atoms with Crippen molar-refractivity contribution in [1.82, 2.24) is 4.90 Å². The van der Waals surface area contributed by atoms with Crippen LogP contribution < -0.4 is 0 Å². The van der Waals surface area contributed by atoms with Gasteiger partial charge in [0.25, 0.3) is 0 Å². The van der Waals surface area contributed by atoms with Crippen molar-refractivity contribution in [3.8, 4) is 0 Å². The molecule has 0 aliphatic carbocycles. The van der Waals surface area contributed by atoms with Crippen LogP contribution in [0.25, 0.3) is 0 Å². The van der Waals surface area contributed by atoms with E-state index in [2.05, 4.69) is 0 Å². The fourth-order valence-electron chi connectivity index (χ4n) is 3.15. The van der Waals surface area contributed by atoms with E-state index < -0.39 is 45.6 Å². The van der Waals surface area contributed by atoms with Crippen LogP contribution in [0.1, 0.15) is 27.2 Å². The van der Waals surface area contributed by atoms with E-state index >= 15 is 0 Å². The van der Waals surface area contributed by atoms with Gasteiger partial charge in [-0.15, -0.1) is 0 Å². The maximum Gasteiger partial charge on any atom is 0.410 e. The number of likely N-dealkylation sites (tertiary alicyclic amines) is 1. The summed E-state index contributed by atoms with van der Waals surface area (Å²) in [6.45, 7) is 5.88. The molecule has 0 bridgehead atoms. The first-order valence-electron chi connectivity index (χ1n) is 7.53. The van der Waals surface area contributed by atoms with Gasteiger partial charge in [0.1, 0.15) is 5.60 Å². The minimum absolute atomic E-state index is 0.141. The summed E-state index contributed by atoms with van der Waals surface area (Å²) in [6.07, 6.45) is -1.82. The molecule has 2 aliphatic rings. The summed E-state index contributed by atoms with van der Waals surface area (Å²) >= 11 is 0. The van der Waals surface area contributed by atoms with Gasteiger partial charge in [-0.25, -0.2) is 13.2 Å². The Morgan fingerprint density at radius 3 is 2.27 bits per heavy atom. The van der Waals surface area contributed by atoms with Crippen molar-refractivity contribution in [2.45, 2.75) is 45.0 Å². The van der Waals surface area contributed by atoms with Gasteiger partial charge in [0.05, 0.1) is 23.7 Å². The van der Waals surface area contributed by atoms with Crippen LogP contribution in [0, 0.1) is 11.8 Å². The van der Waals surface area contributed by atoms with E-state index in [1.54, 1.807) is 20.8 Å². The van der Waals surface area contributed by atoms with Gasteiger partial charge in [0, 0.05) is 24.9 Å². The maximum absolute atomic E-state index is 12.1. The van der Waals surface area contributed by atoms with E-state index in [9.17, 15) is 23.4 Å². The molecule has 22 heavy (non-hydrogen) atoms. The van der Waals surface area contributed by atoms with Crippen LogP contribution in [0.5, 0.6) is 0 Å². The largest absolute Gasteiger partial charge is 0.444 e. The molecule has 7 nitrogen and oxygen atoms in total. The molecule has 2 fully saturated rings. The molecule has 4 atom stereocenters. The fourth-order valence-corrected chi connectivity index (χ4v) is 5.11. The summed E-state index contributed by atoms with van der Waals surface area (Å²) in [4.78, 5) is 13.6. The van der Waals surface area contributed by atoms with E-state index in [4.69, 9.17) is 4.74 Å². The number of ether oxygens (including phenoxy) is 1. The lowest BCUT2D eigenvalue weighted by Crippen LogP contribution is -2.51. The Hall–Kier alpha value is -0.860. The lowest BCUT2D eigenvalue weighted by atomic mass is 9.82. The topological polar surface area (TPSA) is 104 Å². The van der Waals surface area contributed by atoms with E-state index in [0.717, 1.165) is 0 Å². The lowest BCUT2D eigenvalue weighted by molar-refractivity contribution is -0.0351. The molecule has 4 unspecified atom stereocenters. The smallest absolute Gasteiger partial charge is 0.410 e. The third kappa shape index (κ3) is 4.11. The van der Waals surface area contributed by atoms with Crippen molar-refractivity contribution in [2.24, 2.45) is 11.8 Å². The highest BCUT2D eigenvalue weighted by atomic mass is 32.2. The van der Waals surface area contributed by atoms with Crippen molar-refractivity contribution in [2.75, 3.05) is 24.6 Å². The van der Waals surface area contributed by atoms with Crippen molar-refractivity contribution >= 4 is 15.9 Å². The molecule has 2 aliphatic heterocycles. The molecule has 0 radical (unpaired) electrons. The first-order valence-corrected chi connectivity index (χ1v) is 9.35. The van der Waals surface area contributed by atoms with Crippen LogP contribution in [-0.4, -0.2) is 72.0 Å². The molecule has 2 heterocycles. The molecular weight excluding hydrogens is 310 g/mol. The van der Waals surface area contributed by atoms with Crippen LogP contribution in [0.3, 0.4) is 0 Å². The van der Waals surface area contributed by atoms with E-state index in [1.807, 2.05) is 0 Å². The molecular formula is C14H25NO6S. The van der Waals surface area contributed by atoms with Crippen LogP contribution in [0.15, 0.2) is 0 Å². The van der Waals surface area contributed by atoms with Gasteiger partial charge < -0.3 is 19.8 Å². The predicted molar refractivity (Wildman–Crippen MR) is 80.1 cm³/mol. The molecule has 2 rings (SSSR count). The molecule has 2 saturated heterocycles. The third-order valence-electron chi connectivity index (χ3n) is 4.19. The lowest BCUT2D eigenvalue weighted by Gasteiger charge is -2.39. The minimum atomic E-state index is -3.28. The Kier molecular flexibility index (Phi) is 4.75. The van der Waals surface area contributed by atoms with Crippen molar-refractivity contribution < 1.29 is 28.2 Å². The zero-order valence-electron chi connectivity index (χ0n) is 13.2. The number of hydrogen-bond donors (Lipinski definition) is 2. The Labute approximate surface area is 131 Å². The zero-order chi connectivity index (χ0) is 16.7. The third-order valence-corrected chi connectivity index (χ3v) is 5.93. The average molecular weight is 335 g/mol. The Balaban J connectivity index is 2.07. The van der Waals surface area contributed by atoms with Gasteiger partial charge in [-0.3, -0.25) is 0 Å². The summed E-state index contributed by atoms with van der Waals surface area (Å²) in [5.41, 5.74) is -0.612. The van der Waals surface area contributed by atoms with Crippen molar-refractivity contribution in [3.63, 3.8) is 0 Å². The maximum atomic E-state index is 12.1. The number of hydrogen-bond acceptors (Lipinski definition) is 6. The van der Waals surface area contributed by atoms with Crippen molar-refractivity contribution in [1.29, 1.82) is 0 Å². The standard InChI is InChI=1S/C14H25NO6S/c1-14(2,3)21-13(18)15-5-4-11(16)9(6-15)10-7-22(19,20)8-12(10)17/h9-12,16-17H,4-8H2,1-3H3. The Morgan fingerprint density at radius 2 is 1.77 bits per heavy atom. The van der Waals surface area contributed by atoms with Gasteiger partial charge >= 0.3 is 6.09 Å². The number of sulfone groups is 1. The average Bonchev–Trinajstić information content (AvgIpc) is 2.61. The summed E-state index contributed by atoms with van der Waals surface area (Å²) in [5, 5.41) is 20.1. The highest BCUT2D eigenvalue weighted by Crippen LogP contribution is 2.33. The number of aliphatic hydroxyl groups excluding tert-OH is 2. The first kappa shape index (κ1) is 17.5. The van der Waals surface area contributed by atoms with Gasteiger partial charge in [-0.2, -0.15) is 0 Å². The van der Waals surface area contributed by atoms with Crippen LogP contribution >= 0.6 is 0 Å². The quantitative estimate of drug-likeness (QED) is 0.699. The van der Waals surface area contributed by atoms with Crippen LogP contribution in [0.4, 0.5) is 4.79 Å². The molecule has 2 N–H and O–H groups in total. The number of nitrogens with zero attached hydrogens (tertiary/aromatic N) is 1. The van der Waals surface area contributed by atoms with Crippen LogP contribution in [-0.2, 0) is 14.6 Å². The summed E-state index contributed by atoms with van der Waals surface area (Å²) in [5.74, 6) is -1.40. The van der Waals surface area contributed by atoms with Gasteiger partial charge in [0.15, 0.2) is 9.84 Å². The normalized spacial score (nSPS) is 35.4. The first-order chi connectivity index (χ1) is 9.98. The summed E-state index contributed by atoms with van der Waals surface area (Å²) in [6, 6.07) is 0. The number of aliphatic hydroxyl groups is 2. The molecule has 1 amide bonds. The fraction of sp³-hybridized carbons (Fsp3) is 0.929. The second-order valence-corrected chi connectivity index (χ2v) is 9.41. The predicted octanol–water partition coefficient (Wildman–Crippen LogP) is 0.00980. The van der Waals surface area contributed by atoms with E-state index in [1.165, 1.54) is 4.90 Å². The number of carbonyl (C=O) groups is 1. The second-order valence-electron chi connectivity index (χ2n) is 7.25. The van der Waals surface area contributed by atoms with Gasteiger partial charge in [-0.05, 0) is 27.2 Å². The summed E-state index contributed by atoms with van der Waals surface area (Å²) < 4.78 is 28.6. The molecule has 0 aromatic carbocycles. The highest BCUT2D eigenvalue weighted by Gasteiger charge is 2.46. The number of piperidine rings is 1. The van der Waals surface area contributed by atoms with E-state index in [0.29, 0.717) is 13.0 Å². The zero-order valence-corrected chi connectivity index (χ0v) is 14.0. The molecule has 128 valence electrons. The Bertz CT molecular complexity index is 526. The second kappa shape index (κ2) is 5.98. The highest BCUT2D eigenvalue weighted by molar-refractivity contribution is 7.91. The van der Waals surface area contributed by atoms with Gasteiger partial charge in [-0.1, -0.05) is 0 Å². The van der Waals surface area contributed by atoms with Crippen molar-refractivity contribution in [3.05, 3.63) is 0 Å². The SMILES string of the molecule is CC(C)(C)OC(=O)N1CCC(O)C(C2CS(=O)(=O)CC2O)C1. The molecule has 0 aromatic rings. The monoisotopic (exact) mass is 335 g/mol. The molecule has 0 saturated carbocycles. The van der Waals surface area contributed by atoms with Gasteiger partial charge in [0.2, 0.25) is 0 Å². The van der Waals surface area contributed by atoms with E-state index in [-0.39, 0.29) is 18.1 Å². The molecule has 0 spiro atoms. The Morgan fingerprint density at radius 1 is 1.14 bits per heavy atom. The number of rotatable bonds is 1. The minimum Gasteiger partial charge on any atom is -0.444 e. The number of amides is 1. The number of carbonyl (C=O) groups excluding carboxylic acids is 1. The van der Waals surface area contributed by atoms with Crippen LogP contribution in [0.2, 0.25) is 0 Å². The molecule has 8 heteroatoms. The molecule has 0 aromatic heterocycles. The summed E-state index contributed by atoms with van der Waals surface area (Å²) in [7, 11) is -3.28.